The zero-order valence-electron chi connectivity index (χ0n) is 17.7. The van der Waals surface area contributed by atoms with Gasteiger partial charge in [0.2, 0.25) is 17.7 Å². The molecule has 29 heavy (non-hydrogen) atoms. The quantitative estimate of drug-likeness (QED) is 0.325. The van der Waals surface area contributed by atoms with Crippen molar-refractivity contribution < 1.29 is 29.4 Å². The van der Waals surface area contributed by atoms with Gasteiger partial charge in [0.1, 0.15) is 12.1 Å². The summed E-state index contributed by atoms with van der Waals surface area (Å²) in [6, 6.07) is -3.94. The molecule has 5 unspecified atom stereocenters. The highest BCUT2D eigenvalue weighted by atomic mass is 16.4. The number of aliphatic hydroxyl groups is 1. The number of carbonyl (C=O) groups is 4. The maximum Gasteiger partial charge on any atom is 0.328 e. The molecular weight excluding hydrogens is 380 g/mol. The van der Waals surface area contributed by atoms with Crippen molar-refractivity contribution >= 4 is 23.7 Å². The molecule has 1 aliphatic heterocycles. The maximum atomic E-state index is 13.1. The van der Waals surface area contributed by atoms with E-state index in [2.05, 4.69) is 10.6 Å². The van der Waals surface area contributed by atoms with E-state index < -0.39 is 54.0 Å². The average Bonchev–Trinajstić information content (AvgIpc) is 3.11. The molecule has 10 heteroatoms. The van der Waals surface area contributed by atoms with E-state index in [1.165, 1.54) is 11.8 Å². The second-order valence-corrected chi connectivity index (χ2v) is 8.25. The lowest BCUT2D eigenvalue weighted by Gasteiger charge is -2.32. The van der Waals surface area contributed by atoms with Crippen LogP contribution in [0.4, 0.5) is 0 Å². The fraction of sp³-hybridized carbons (Fsp3) is 0.789. The molecule has 6 N–H and O–H groups in total. The van der Waals surface area contributed by atoms with E-state index in [4.69, 9.17) is 10.8 Å². The number of nitrogens with two attached hydrogens (primary N) is 1. The van der Waals surface area contributed by atoms with Gasteiger partial charge in [-0.25, -0.2) is 4.79 Å². The average molecular weight is 415 g/mol. The molecule has 10 nitrogen and oxygen atoms in total. The standard InChI is InChI=1S/C19H34N4O6/c1-9(2)13(20)17(26)21-14(10(3)4)18(27)23-8-6-7-12(23)16(25)22-15(11(5)24)19(28)29/h9-15,24H,6-8,20H2,1-5H3,(H,21,26)(H,22,25)(H,28,29). The van der Waals surface area contributed by atoms with E-state index in [9.17, 15) is 24.3 Å². The van der Waals surface area contributed by atoms with Gasteiger partial charge in [0, 0.05) is 6.54 Å². The third-order valence-corrected chi connectivity index (χ3v) is 5.14. The first kappa shape index (κ1) is 24.8. The molecule has 3 amide bonds. The van der Waals surface area contributed by atoms with Crippen LogP contribution in [0, 0.1) is 11.8 Å². The van der Waals surface area contributed by atoms with Crippen LogP contribution < -0.4 is 16.4 Å². The van der Waals surface area contributed by atoms with Crippen molar-refractivity contribution in [3.05, 3.63) is 0 Å². The number of aliphatic hydroxyl groups excluding tert-OH is 1. The Bertz CT molecular complexity index is 622. The Kier molecular flexibility index (Phi) is 9.03. The molecule has 0 aliphatic carbocycles. The number of nitrogens with one attached hydrogen (secondary N) is 2. The molecular formula is C19H34N4O6. The lowest BCUT2D eigenvalue weighted by Crippen LogP contribution is -2.59. The van der Waals surface area contributed by atoms with Crippen molar-refractivity contribution in [2.45, 2.75) is 77.7 Å². The number of nitrogens with zero attached hydrogens (tertiary/aromatic N) is 1. The minimum Gasteiger partial charge on any atom is -0.480 e. The molecule has 166 valence electrons. The molecule has 0 radical (unpaired) electrons. The third kappa shape index (κ3) is 6.40. The van der Waals surface area contributed by atoms with Crippen molar-refractivity contribution in [3.63, 3.8) is 0 Å². The van der Waals surface area contributed by atoms with E-state index in [1.54, 1.807) is 27.7 Å². The van der Waals surface area contributed by atoms with E-state index in [0.717, 1.165) is 0 Å². The van der Waals surface area contributed by atoms with Crippen molar-refractivity contribution in [1.82, 2.24) is 15.5 Å². The van der Waals surface area contributed by atoms with Crippen molar-refractivity contribution in [1.29, 1.82) is 0 Å². The summed E-state index contributed by atoms with van der Waals surface area (Å²) in [6.45, 7) is 8.75. The minimum atomic E-state index is -1.47. The van der Waals surface area contributed by atoms with Crippen molar-refractivity contribution in [3.8, 4) is 0 Å². The Morgan fingerprint density at radius 2 is 1.59 bits per heavy atom. The summed E-state index contributed by atoms with van der Waals surface area (Å²) in [5, 5.41) is 23.7. The molecule has 0 bridgehead atoms. The van der Waals surface area contributed by atoms with Crippen LogP contribution in [-0.4, -0.2) is 75.6 Å². The number of amides is 3. The minimum absolute atomic E-state index is 0.100. The van der Waals surface area contributed by atoms with Crippen molar-refractivity contribution in [2.24, 2.45) is 17.6 Å². The van der Waals surface area contributed by atoms with Gasteiger partial charge in [0.15, 0.2) is 6.04 Å². The molecule has 1 rings (SSSR count). The lowest BCUT2D eigenvalue weighted by molar-refractivity contribution is -0.147. The van der Waals surface area contributed by atoms with Crippen LogP contribution in [0.5, 0.6) is 0 Å². The number of carboxylic acid groups (broad SMARTS) is 1. The fourth-order valence-electron chi connectivity index (χ4n) is 3.19. The maximum absolute atomic E-state index is 13.1. The Morgan fingerprint density at radius 3 is 2.03 bits per heavy atom. The highest BCUT2D eigenvalue weighted by Gasteiger charge is 2.40. The van der Waals surface area contributed by atoms with Gasteiger partial charge in [0.05, 0.1) is 12.1 Å². The number of hydrogen-bond donors (Lipinski definition) is 5. The van der Waals surface area contributed by atoms with Gasteiger partial charge in [-0.15, -0.1) is 0 Å². The summed E-state index contributed by atoms with van der Waals surface area (Å²) in [4.78, 5) is 50.7. The fourth-order valence-corrected chi connectivity index (χ4v) is 3.19. The summed E-state index contributed by atoms with van der Waals surface area (Å²) >= 11 is 0. The molecule has 0 aromatic heterocycles. The number of aliphatic carboxylic acids is 1. The van der Waals surface area contributed by atoms with E-state index in [-0.39, 0.29) is 11.8 Å². The largest absolute Gasteiger partial charge is 0.480 e. The Hall–Kier alpha value is -2.20. The van der Waals surface area contributed by atoms with E-state index in [1.807, 2.05) is 0 Å². The SMILES string of the molecule is CC(C)C(N)C(=O)NC(C(=O)N1CCCC1C(=O)NC(C(=O)O)C(C)O)C(C)C. The van der Waals surface area contributed by atoms with Crippen LogP contribution in [0.2, 0.25) is 0 Å². The smallest absolute Gasteiger partial charge is 0.328 e. The first-order valence-corrected chi connectivity index (χ1v) is 9.96. The molecule has 0 aromatic carbocycles. The van der Waals surface area contributed by atoms with Gasteiger partial charge < -0.3 is 31.5 Å². The van der Waals surface area contributed by atoms with Crippen LogP contribution in [0.3, 0.4) is 0 Å². The summed E-state index contributed by atoms with van der Waals surface area (Å²) in [7, 11) is 0. The Labute approximate surface area is 171 Å². The molecule has 1 aliphatic rings. The topological polar surface area (TPSA) is 162 Å². The van der Waals surface area contributed by atoms with Gasteiger partial charge in [-0.2, -0.15) is 0 Å². The molecule has 1 fully saturated rings. The van der Waals surface area contributed by atoms with Crippen LogP contribution in [-0.2, 0) is 19.2 Å². The molecule has 0 aromatic rings. The van der Waals surface area contributed by atoms with Crippen LogP contribution in [0.25, 0.3) is 0 Å². The zero-order valence-corrected chi connectivity index (χ0v) is 17.7. The summed E-state index contributed by atoms with van der Waals surface area (Å²) in [5.41, 5.74) is 5.87. The van der Waals surface area contributed by atoms with Gasteiger partial charge >= 0.3 is 5.97 Å². The molecule has 1 saturated heterocycles. The molecule has 0 spiro atoms. The van der Waals surface area contributed by atoms with Crippen LogP contribution in [0.15, 0.2) is 0 Å². The van der Waals surface area contributed by atoms with Crippen molar-refractivity contribution in [2.75, 3.05) is 6.54 Å². The molecule has 1 heterocycles. The number of carboxylic acids is 1. The lowest BCUT2D eigenvalue weighted by atomic mass is 9.99. The normalized spacial score (nSPS) is 20.9. The summed E-state index contributed by atoms with van der Waals surface area (Å²) < 4.78 is 0. The van der Waals surface area contributed by atoms with E-state index >= 15 is 0 Å². The van der Waals surface area contributed by atoms with Crippen LogP contribution in [0.1, 0.15) is 47.5 Å². The summed E-state index contributed by atoms with van der Waals surface area (Å²) in [5.74, 6) is -3.19. The van der Waals surface area contributed by atoms with Gasteiger partial charge in [-0.05, 0) is 31.6 Å². The second kappa shape index (κ2) is 10.5. The number of carbonyl (C=O) groups excluding carboxylic acids is 3. The zero-order chi connectivity index (χ0) is 22.5. The molecule has 0 saturated carbocycles. The molecule has 5 atom stereocenters. The van der Waals surface area contributed by atoms with Gasteiger partial charge in [-0.3, -0.25) is 14.4 Å². The number of likely N-dealkylation sites (tertiary alicyclic amines) is 1. The highest BCUT2D eigenvalue weighted by Crippen LogP contribution is 2.21. The van der Waals surface area contributed by atoms with E-state index in [0.29, 0.717) is 19.4 Å². The Balaban J connectivity index is 2.94. The van der Waals surface area contributed by atoms with Crippen LogP contribution >= 0.6 is 0 Å². The second-order valence-electron chi connectivity index (χ2n) is 8.25. The predicted molar refractivity (Wildman–Crippen MR) is 106 cm³/mol. The predicted octanol–water partition coefficient (Wildman–Crippen LogP) is -0.948. The third-order valence-electron chi connectivity index (χ3n) is 5.14. The van der Waals surface area contributed by atoms with Gasteiger partial charge in [0.25, 0.3) is 0 Å². The number of rotatable bonds is 9. The number of hydrogen-bond acceptors (Lipinski definition) is 6. The highest BCUT2D eigenvalue weighted by molar-refractivity contribution is 5.94. The van der Waals surface area contributed by atoms with Gasteiger partial charge in [-0.1, -0.05) is 27.7 Å². The summed E-state index contributed by atoms with van der Waals surface area (Å²) in [6.07, 6.45) is -0.351. The Morgan fingerprint density at radius 1 is 1.00 bits per heavy atom. The first-order valence-electron chi connectivity index (χ1n) is 9.96. The monoisotopic (exact) mass is 414 g/mol. The first-order chi connectivity index (χ1) is 13.4.